The third-order valence-electron chi connectivity index (χ3n) is 1.70. The van der Waals surface area contributed by atoms with Crippen LogP contribution >= 0.6 is 23.1 Å². The van der Waals surface area contributed by atoms with E-state index >= 15 is 0 Å². The smallest absolute Gasteiger partial charge is 0.182 e. The van der Waals surface area contributed by atoms with Crippen molar-refractivity contribution in [3.63, 3.8) is 0 Å². The molecule has 0 aromatic carbocycles. The molecule has 1 aromatic heterocycles. The normalized spacial score (nSPS) is 10.4. The first-order valence-electron chi connectivity index (χ1n) is 4.52. The molecular formula is C10H14O2S2. The summed E-state index contributed by atoms with van der Waals surface area (Å²) in [7, 11) is 0. The summed E-state index contributed by atoms with van der Waals surface area (Å²) in [6.45, 7) is 2.21. The van der Waals surface area contributed by atoms with Gasteiger partial charge in [-0.05, 0) is 31.2 Å². The minimum Gasteiger partial charge on any atom is -0.396 e. The average Bonchev–Trinajstić information content (AvgIpc) is 2.59. The van der Waals surface area contributed by atoms with Crippen molar-refractivity contribution in [2.45, 2.75) is 13.3 Å². The molecule has 78 valence electrons. The van der Waals surface area contributed by atoms with E-state index < -0.39 is 0 Å². The summed E-state index contributed by atoms with van der Waals surface area (Å²) in [5.74, 6) is 1.58. The second kappa shape index (κ2) is 6.22. The van der Waals surface area contributed by atoms with Gasteiger partial charge in [0.25, 0.3) is 0 Å². The number of hydrogen-bond acceptors (Lipinski definition) is 4. The Morgan fingerprint density at radius 1 is 1.57 bits per heavy atom. The van der Waals surface area contributed by atoms with Gasteiger partial charge in [0.15, 0.2) is 5.78 Å². The predicted molar refractivity (Wildman–Crippen MR) is 62.4 cm³/mol. The molecule has 0 amide bonds. The largest absolute Gasteiger partial charge is 0.396 e. The molecule has 0 atom stereocenters. The number of aryl methyl sites for hydroxylation is 1. The number of carbonyl (C=O) groups excluding carboxylic acids is 1. The molecule has 1 heterocycles. The maximum Gasteiger partial charge on any atom is 0.182 e. The SMILES string of the molecule is Cc1ccc(C(=O)CSCCCO)s1. The van der Waals surface area contributed by atoms with E-state index in [1.165, 1.54) is 4.88 Å². The molecule has 0 bridgehead atoms. The van der Waals surface area contributed by atoms with Gasteiger partial charge < -0.3 is 5.11 Å². The molecular weight excluding hydrogens is 216 g/mol. The number of Topliss-reactive ketones (excluding diaryl/α,β-unsaturated/α-hetero) is 1. The van der Waals surface area contributed by atoms with E-state index in [4.69, 9.17) is 5.11 Å². The lowest BCUT2D eigenvalue weighted by atomic mass is 10.3. The number of thioether (sulfide) groups is 1. The van der Waals surface area contributed by atoms with Gasteiger partial charge in [0.2, 0.25) is 0 Å². The Morgan fingerprint density at radius 3 is 2.93 bits per heavy atom. The van der Waals surface area contributed by atoms with Gasteiger partial charge in [-0.15, -0.1) is 11.3 Å². The molecule has 0 fully saturated rings. The summed E-state index contributed by atoms with van der Waals surface area (Å²) in [4.78, 5) is 13.6. The van der Waals surface area contributed by atoms with Crippen LogP contribution in [0.1, 0.15) is 21.0 Å². The van der Waals surface area contributed by atoms with Crippen molar-refractivity contribution in [1.82, 2.24) is 0 Å². The highest BCUT2D eigenvalue weighted by molar-refractivity contribution is 7.99. The van der Waals surface area contributed by atoms with E-state index in [1.807, 2.05) is 19.1 Å². The third-order valence-corrected chi connectivity index (χ3v) is 3.78. The van der Waals surface area contributed by atoms with Crippen molar-refractivity contribution in [1.29, 1.82) is 0 Å². The number of aliphatic hydroxyl groups is 1. The lowest BCUT2D eigenvalue weighted by molar-refractivity contribution is 0.102. The molecule has 1 rings (SSSR count). The molecule has 0 unspecified atom stereocenters. The van der Waals surface area contributed by atoms with Crippen LogP contribution in [-0.2, 0) is 0 Å². The number of ketones is 1. The molecule has 1 N–H and O–H groups in total. The monoisotopic (exact) mass is 230 g/mol. The summed E-state index contributed by atoms with van der Waals surface area (Å²) in [6, 6.07) is 3.85. The van der Waals surface area contributed by atoms with Crippen LogP contribution in [-0.4, -0.2) is 29.0 Å². The van der Waals surface area contributed by atoms with Gasteiger partial charge in [-0.25, -0.2) is 0 Å². The Balaban J connectivity index is 2.29. The highest BCUT2D eigenvalue weighted by atomic mass is 32.2. The van der Waals surface area contributed by atoms with Crippen LogP contribution in [0.2, 0.25) is 0 Å². The van der Waals surface area contributed by atoms with Gasteiger partial charge >= 0.3 is 0 Å². The highest BCUT2D eigenvalue weighted by Crippen LogP contribution is 2.17. The number of hydrogen-bond donors (Lipinski definition) is 1. The quantitative estimate of drug-likeness (QED) is 0.602. The molecule has 0 saturated carbocycles. The summed E-state index contributed by atoms with van der Waals surface area (Å²) in [5.41, 5.74) is 0. The molecule has 0 radical (unpaired) electrons. The Bertz CT molecular complexity index is 294. The van der Waals surface area contributed by atoms with Crippen LogP contribution in [0.3, 0.4) is 0 Å². The zero-order valence-electron chi connectivity index (χ0n) is 8.16. The molecule has 0 spiro atoms. The van der Waals surface area contributed by atoms with E-state index in [9.17, 15) is 4.79 Å². The minimum atomic E-state index is 0.200. The molecule has 0 aliphatic carbocycles. The average molecular weight is 230 g/mol. The lowest BCUT2D eigenvalue weighted by Crippen LogP contribution is -2.00. The van der Waals surface area contributed by atoms with Crippen LogP contribution in [0.5, 0.6) is 0 Å². The zero-order chi connectivity index (χ0) is 10.4. The number of rotatable bonds is 6. The van der Waals surface area contributed by atoms with Crippen molar-refractivity contribution in [2.75, 3.05) is 18.1 Å². The van der Waals surface area contributed by atoms with Crippen LogP contribution in [0.15, 0.2) is 12.1 Å². The van der Waals surface area contributed by atoms with E-state index in [0.29, 0.717) is 5.75 Å². The first-order chi connectivity index (χ1) is 6.74. The van der Waals surface area contributed by atoms with E-state index in [2.05, 4.69) is 0 Å². The summed E-state index contributed by atoms with van der Waals surface area (Å²) in [5, 5.41) is 8.56. The Labute approximate surface area is 92.3 Å². The Kier molecular flexibility index (Phi) is 5.22. The van der Waals surface area contributed by atoms with Crippen molar-refractivity contribution < 1.29 is 9.90 Å². The fourth-order valence-electron chi connectivity index (χ4n) is 0.987. The minimum absolute atomic E-state index is 0.200. The maximum atomic E-state index is 11.5. The number of thiophene rings is 1. The molecule has 1 aromatic rings. The fraction of sp³-hybridized carbons (Fsp3) is 0.500. The summed E-state index contributed by atoms with van der Waals surface area (Å²) >= 11 is 3.13. The maximum absolute atomic E-state index is 11.5. The molecule has 0 saturated heterocycles. The topological polar surface area (TPSA) is 37.3 Å². The van der Waals surface area contributed by atoms with Crippen LogP contribution in [0, 0.1) is 6.92 Å². The Morgan fingerprint density at radius 2 is 2.36 bits per heavy atom. The van der Waals surface area contributed by atoms with Crippen LogP contribution in [0.4, 0.5) is 0 Å². The molecule has 4 heteroatoms. The van der Waals surface area contributed by atoms with Gasteiger partial charge in [0.1, 0.15) is 0 Å². The van der Waals surface area contributed by atoms with E-state index in [1.54, 1.807) is 23.1 Å². The summed E-state index contributed by atoms with van der Waals surface area (Å²) < 4.78 is 0. The zero-order valence-corrected chi connectivity index (χ0v) is 9.79. The Hall–Kier alpha value is -0.320. The molecule has 2 nitrogen and oxygen atoms in total. The lowest BCUT2D eigenvalue weighted by Gasteiger charge is -1.97. The summed E-state index contributed by atoms with van der Waals surface area (Å²) in [6.07, 6.45) is 0.765. The predicted octanol–water partition coefficient (Wildman–Crippen LogP) is 2.35. The van der Waals surface area contributed by atoms with Gasteiger partial charge in [0, 0.05) is 11.5 Å². The molecule has 0 aliphatic heterocycles. The van der Waals surface area contributed by atoms with E-state index in [-0.39, 0.29) is 12.4 Å². The van der Waals surface area contributed by atoms with Crippen molar-refractivity contribution in [3.8, 4) is 0 Å². The van der Waals surface area contributed by atoms with Crippen molar-refractivity contribution in [3.05, 3.63) is 21.9 Å². The van der Waals surface area contributed by atoms with Gasteiger partial charge in [-0.3, -0.25) is 4.79 Å². The van der Waals surface area contributed by atoms with Crippen molar-refractivity contribution >= 4 is 28.9 Å². The van der Waals surface area contributed by atoms with Crippen molar-refractivity contribution in [2.24, 2.45) is 0 Å². The standard InChI is InChI=1S/C10H14O2S2/c1-8-3-4-10(14-8)9(12)7-13-6-2-5-11/h3-4,11H,2,5-7H2,1H3. The van der Waals surface area contributed by atoms with Gasteiger partial charge in [0.05, 0.1) is 10.6 Å². The van der Waals surface area contributed by atoms with Gasteiger partial charge in [-0.1, -0.05) is 0 Å². The first-order valence-corrected chi connectivity index (χ1v) is 6.49. The number of carbonyl (C=O) groups is 1. The van der Waals surface area contributed by atoms with E-state index in [0.717, 1.165) is 17.1 Å². The molecule has 14 heavy (non-hydrogen) atoms. The highest BCUT2D eigenvalue weighted by Gasteiger charge is 2.07. The fourth-order valence-corrected chi connectivity index (χ4v) is 2.70. The van der Waals surface area contributed by atoms with Gasteiger partial charge in [-0.2, -0.15) is 11.8 Å². The second-order valence-electron chi connectivity index (χ2n) is 2.96. The first kappa shape index (κ1) is 11.8. The third kappa shape index (κ3) is 3.82. The second-order valence-corrected chi connectivity index (χ2v) is 5.36. The number of aliphatic hydroxyl groups excluding tert-OH is 1. The molecule has 0 aliphatic rings. The van der Waals surface area contributed by atoms with Crippen LogP contribution < -0.4 is 0 Å². The van der Waals surface area contributed by atoms with Crippen LogP contribution in [0.25, 0.3) is 0 Å².